The van der Waals surface area contributed by atoms with Gasteiger partial charge in [-0.25, -0.2) is 0 Å². The molecule has 1 fully saturated rings. The van der Waals surface area contributed by atoms with Crippen LogP contribution >= 0.6 is 0 Å². The molecule has 1 atom stereocenters. The van der Waals surface area contributed by atoms with Gasteiger partial charge in [-0.3, -0.25) is 14.4 Å². The summed E-state index contributed by atoms with van der Waals surface area (Å²) in [7, 11) is 0. The van der Waals surface area contributed by atoms with E-state index in [2.05, 4.69) is 5.32 Å². The lowest BCUT2D eigenvalue weighted by atomic mass is 10.0. The van der Waals surface area contributed by atoms with Gasteiger partial charge in [-0.05, 0) is 43.5 Å². The highest BCUT2D eigenvalue weighted by atomic mass is 16.5. The predicted octanol–water partition coefficient (Wildman–Crippen LogP) is 3.56. The van der Waals surface area contributed by atoms with Crippen LogP contribution < -0.4 is 10.2 Å². The van der Waals surface area contributed by atoms with Crippen molar-refractivity contribution >= 4 is 23.5 Å². The lowest BCUT2D eigenvalue weighted by Crippen LogP contribution is -2.32. The standard InChI is InChI=1S/C24H28N2O4/c1-17(2)30-24(29)16-21(19-7-4-3-5-8-19)25-22(27)15-18-10-12-20(13-11-18)26-14-6-9-23(26)28/h3-5,7-8,10-13,17,21H,6,9,14-16H2,1-2H3,(H,25,27). The average molecular weight is 408 g/mol. The second-order valence-corrected chi connectivity index (χ2v) is 7.77. The summed E-state index contributed by atoms with van der Waals surface area (Å²) in [5, 5.41) is 2.96. The van der Waals surface area contributed by atoms with Crippen LogP contribution in [-0.2, 0) is 25.5 Å². The third kappa shape index (κ3) is 5.92. The maximum absolute atomic E-state index is 12.7. The first kappa shape index (κ1) is 21.6. The largest absolute Gasteiger partial charge is 0.463 e. The molecule has 1 unspecified atom stereocenters. The number of carbonyl (C=O) groups excluding carboxylic acids is 3. The van der Waals surface area contributed by atoms with E-state index in [0.717, 1.165) is 29.8 Å². The quantitative estimate of drug-likeness (QED) is 0.678. The van der Waals surface area contributed by atoms with Crippen LogP contribution in [0.5, 0.6) is 0 Å². The van der Waals surface area contributed by atoms with Crippen molar-refractivity contribution in [1.29, 1.82) is 0 Å². The molecule has 1 N–H and O–H groups in total. The van der Waals surface area contributed by atoms with Gasteiger partial charge in [0.25, 0.3) is 0 Å². The van der Waals surface area contributed by atoms with Gasteiger partial charge >= 0.3 is 5.97 Å². The van der Waals surface area contributed by atoms with Crippen molar-refractivity contribution in [2.45, 2.75) is 51.7 Å². The molecule has 0 saturated carbocycles. The molecule has 2 amide bonds. The molecule has 2 aromatic carbocycles. The number of hydrogen-bond donors (Lipinski definition) is 1. The summed E-state index contributed by atoms with van der Waals surface area (Å²) in [6.07, 6.45) is 1.53. The van der Waals surface area contributed by atoms with Crippen LogP contribution in [-0.4, -0.2) is 30.4 Å². The number of amides is 2. The summed E-state index contributed by atoms with van der Waals surface area (Å²) in [5.41, 5.74) is 2.56. The van der Waals surface area contributed by atoms with Gasteiger partial charge in [-0.1, -0.05) is 42.5 Å². The number of anilines is 1. The normalized spacial score (nSPS) is 14.6. The smallest absolute Gasteiger partial charge is 0.308 e. The minimum absolute atomic E-state index is 0.0734. The van der Waals surface area contributed by atoms with Crippen molar-refractivity contribution in [3.05, 3.63) is 65.7 Å². The number of nitrogens with one attached hydrogen (secondary N) is 1. The molecule has 1 saturated heterocycles. The van der Waals surface area contributed by atoms with Gasteiger partial charge in [0.05, 0.1) is 25.0 Å². The summed E-state index contributed by atoms with van der Waals surface area (Å²) in [5.74, 6) is -0.385. The second-order valence-electron chi connectivity index (χ2n) is 7.77. The number of benzene rings is 2. The summed E-state index contributed by atoms with van der Waals surface area (Å²) in [6, 6.07) is 16.4. The minimum Gasteiger partial charge on any atom is -0.463 e. The van der Waals surface area contributed by atoms with Gasteiger partial charge < -0.3 is 15.0 Å². The van der Waals surface area contributed by atoms with Crippen molar-refractivity contribution in [2.75, 3.05) is 11.4 Å². The fraction of sp³-hybridized carbons (Fsp3) is 0.375. The molecule has 1 aliphatic rings. The number of rotatable bonds is 8. The maximum atomic E-state index is 12.7. The summed E-state index contributed by atoms with van der Waals surface area (Å²) < 4.78 is 5.25. The zero-order valence-corrected chi connectivity index (χ0v) is 17.5. The Morgan fingerprint density at radius 1 is 1.07 bits per heavy atom. The number of carbonyl (C=O) groups is 3. The molecule has 30 heavy (non-hydrogen) atoms. The van der Waals surface area contributed by atoms with Crippen LogP contribution in [0, 0.1) is 0 Å². The molecule has 0 aromatic heterocycles. The van der Waals surface area contributed by atoms with E-state index in [4.69, 9.17) is 4.74 Å². The highest BCUT2D eigenvalue weighted by Gasteiger charge is 2.22. The van der Waals surface area contributed by atoms with Crippen molar-refractivity contribution < 1.29 is 19.1 Å². The average Bonchev–Trinajstić information content (AvgIpc) is 3.14. The van der Waals surface area contributed by atoms with Gasteiger partial charge in [0.1, 0.15) is 0 Å². The lowest BCUT2D eigenvalue weighted by molar-refractivity contribution is -0.148. The second kappa shape index (κ2) is 10.1. The predicted molar refractivity (Wildman–Crippen MR) is 115 cm³/mol. The monoisotopic (exact) mass is 408 g/mol. The number of nitrogens with zero attached hydrogens (tertiary/aromatic N) is 1. The lowest BCUT2D eigenvalue weighted by Gasteiger charge is -2.20. The third-order valence-electron chi connectivity index (χ3n) is 4.96. The van der Waals surface area contributed by atoms with Crippen molar-refractivity contribution in [3.63, 3.8) is 0 Å². The van der Waals surface area contributed by atoms with Crippen LogP contribution in [0.15, 0.2) is 54.6 Å². The van der Waals surface area contributed by atoms with E-state index in [1.165, 1.54) is 0 Å². The van der Waals surface area contributed by atoms with E-state index in [9.17, 15) is 14.4 Å². The van der Waals surface area contributed by atoms with E-state index in [0.29, 0.717) is 6.42 Å². The zero-order chi connectivity index (χ0) is 21.5. The molecule has 0 aliphatic carbocycles. The zero-order valence-electron chi connectivity index (χ0n) is 17.5. The minimum atomic E-state index is -0.452. The molecular weight excluding hydrogens is 380 g/mol. The number of ether oxygens (including phenoxy) is 1. The Morgan fingerprint density at radius 3 is 2.37 bits per heavy atom. The fourth-order valence-electron chi connectivity index (χ4n) is 3.56. The first-order chi connectivity index (χ1) is 14.4. The van der Waals surface area contributed by atoms with E-state index in [1.54, 1.807) is 18.7 Å². The first-order valence-electron chi connectivity index (χ1n) is 10.4. The van der Waals surface area contributed by atoms with E-state index >= 15 is 0 Å². The molecule has 3 rings (SSSR count). The fourth-order valence-corrected chi connectivity index (χ4v) is 3.56. The van der Waals surface area contributed by atoms with Crippen LogP contribution in [0.4, 0.5) is 5.69 Å². The Morgan fingerprint density at radius 2 is 1.77 bits per heavy atom. The van der Waals surface area contributed by atoms with Crippen LogP contribution in [0.1, 0.15) is 50.3 Å². The van der Waals surface area contributed by atoms with Crippen LogP contribution in [0.25, 0.3) is 0 Å². The summed E-state index contributed by atoms with van der Waals surface area (Å²) in [4.78, 5) is 38.5. The van der Waals surface area contributed by atoms with Crippen molar-refractivity contribution in [3.8, 4) is 0 Å². The molecule has 0 bridgehead atoms. The third-order valence-corrected chi connectivity index (χ3v) is 4.96. The molecule has 0 radical (unpaired) electrons. The molecule has 6 heteroatoms. The highest BCUT2D eigenvalue weighted by Crippen LogP contribution is 2.22. The van der Waals surface area contributed by atoms with Gasteiger partial charge in [0, 0.05) is 18.7 Å². The van der Waals surface area contributed by atoms with Gasteiger partial charge in [0.2, 0.25) is 11.8 Å². The maximum Gasteiger partial charge on any atom is 0.308 e. The molecule has 158 valence electrons. The molecule has 0 spiro atoms. The molecule has 2 aromatic rings. The first-order valence-corrected chi connectivity index (χ1v) is 10.4. The SMILES string of the molecule is CC(C)OC(=O)CC(NC(=O)Cc1ccc(N2CCCC2=O)cc1)c1ccccc1. The molecule has 1 heterocycles. The Kier molecular flexibility index (Phi) is 7.22. The van der Waals surface area contributed by atoms with E-state index < -0.39 is 6.04 Å². The van der Waals surface area contributed by atoms with Crippen molar-refractivity contribution in [1.82, 2.24) is 5.32 Å². The van der Waals surface area contributed by atoms with E-state index in [-0.39, 0.29) is 36.7 Å². The van der Waals surface area contributed by atoms with Gasteiger partial charge in [-0.2, -0.15) is 0 Å². The molecule has 6 nitrogen and oxygen atoms in total. The molecule has 1 aliphatic heterocycles. The number of esters is 1. The highest BCUT2D eigenvalue weighted by molar-refractivity contribution is 5.95. The van der Waals surface area contributed by atoms with Gasteiger partial charge in [-0.15, -0.1) is 0 Å². The van der Waals surface area contributed by atoms with Crippen LogP contribution in [0.2, 0.25) is 0 Å². The van der Waals surface area contributed by atoms with E-state index in [1.807, 2.05) is 54.6 Å². The molecular formula is C24H28N2O4. The number of hydrogen-bond acceptors (Lipinski definition) is 4. The van der Waals surface area contributed by atoms with Crippen molar-refractivity contribution in [2.24, 2.45) is 0 Å². The Hall–Kier alpha value is -3.15. The summed E-state index contributed by atoms with van der Waals surface area (Å²) in [6.45, 7) is 4.34. The van der Waals surface area contributed by atoms with Gasteiger partial charge in [0.15, 0.2) is 0 Å². The van der Waals surface area contributed by atoms with Crippen LogP contribution in [0.3, 0.4) is 0 Å². The Labute approximate surface area is 177 Å². The Bertz CT molecular complexity index is 878. The Balaban J connectivity index is 1.63. The summed E-state index contributed by atoms with van der Waals surface area (Å²) >= 11 is 0. The topological polar surface area (TPSA) is 75.7 Å².